The van der Waals surface area contributed by atoms with Crippen LogP contribution in [0.2, 0.25) is 0 Å². The third kappa shape index (κ3) is 2.59. The topological polar surface area (TPSA) is 44.1 Å². The van der Waals surface area contributed by atoms with Gasteiger partial charge in [-0.1, -0.05) is 6.92 Å². The molecular weight excluding hydrogens is 228 g/mol. The Bertz CT molecular complexity index is 556. The smallest absolute Gasteiger partial charge is 0.217 e. The van der Waals surface area contributed by atoms with Crippen molar-refractivity contribution in [3.05, 3.63) is 41.6 Å². The minimum Gasteiger partial charge on any atom is -0.439 e. The van der Waals surface area contributed by atoms with Crippen LogP contribution in [0.25, 0.3) is 0 Å². The maximum Gasteiger partial charge on any atom is 0.217 e. The van der Waals surface area contributed by atoms with E-state index < -0.39 is 0 Å². The first-order valence-corrected chi connectivity index (χ1v) is 5.92. The number of carbonyl (C=O) groups is 1. The molecule has 1 aromatic heterocycles. The molecule has 1 heterocycles. The van der Waals surface area contributed by atoms with Crippen molar-refractivity contribution < 1.29 is 9.53 Å². The van der Waals surface area contributed by atoms with Crippen molar-refractivity contribution in [1.29, 1.82) is 0 Å². The van der Waals surface area contributed by atoms with E-state index in [1.165, 1.54) is 0 Å². The van der Waals surface area contributed by atoms with Crippen LogP contribution in [0.4, 0.5) is 0 Å². The van der Waals surface area contributed by atoms with Crippen molar-refractivity contribution in [2.45, 2.75) is 20.3 Å². The van der Waals surface area contributed by atoms with E-state index in [1.54, 1.807) is 28.9 Å². The average molecular weight is 244 g/mol. The third-order valence-corrected chi connectivity index (χ3v) is 2.68. The van der Waals surface area contributed by atoms with Gasteiger partial charge in [0.1, 0.15) is 5.75 Å². The predicted octanol–water partition coefficient (Wildman–Crippen LogP) is 3.11. The first-order chi connectivity index (χ1) is 8.60. The van der Waals surface area contributed by atoms with Gasteiger partial charge in [0.05, 0.1) is 5.69 Å². The molecule has 4 nitrogen and oxygen atoms in total. The van der Waals surface area contributed by atoms with Crippen LogP contribution in [-0.2, 0) is 7.05 Å². The molecule has 0 aliphatic rings. The zero-order valence-electron chi connectivity index (χ0n) is 10.8. The quantitative estimate of drug-likeness (QED) is 0.776. The Hall–Kier alpha value is -2.10. The van der Waals surface area contributed by atoms with E-state index >= 15 is 0 Å². The lowest BCUT2D eigenvalue weighted by Gasteiger charge is -2.05. The number of aromatic nitrogens is 2. The predicted molar refractivity (Wildman–Crippen MR) is 69.1 cm³/mol. The Morgan fingerprint density at radius 1 is 1.33 bits per heavy atom. The molecule has 94 valence electrons. The second-order valence-electron chi connectivity index (χ2n) is 4.15. The van der Waals surface area contributed by atoms with Gasteiger partial charge >= 0.3 is 0 Å². The highest BCUT2D eigenvalue weighted by molar-refractivity contribution is 5.95. The molecule has 0 amide bonds. The van der Waals surface area contributed by atoms with E-state index in [0.717, 1.165) is 5.69 Å². The SMILES string of the molecule is CCC(=O)c1ccc(Oc2cc(C)nn2C)cc1. The number of carbonyl (C=O) groups excluding carboxylic acids is 1. The summed E-state index contributed by atoms with van der Waals surface area (Å²) in [4.78, 5) is 11.5. The molecule has 0 saturated carbocycles. The zero-order valence-corrected chi connectivity index (χ0v) is 10.8. The Labute approximate surface area is 106 Å². The van der Waals surface area contributed by atoms with Crippen LogP contribution in [0.1, 0.15) is 29.4 Å². The van der Waals surface area contributed by atoms with Crippen molar-refractivity contribution in [3.63, 3.8) is 0 Å². The van der Waals surface area contributed by atoms with Crippen LogP contribution < -0.4 is 4.74 Å². The monoisotopic (exact) mass is 244 g/mol. The number of rotatable bonds is 4. The number of hydrogen-bond donors (Lipinski definition) is 0. The lowest BCUT2D eigenvalue weighted by atomic mass is 10.1. The van der Waals surface area contributed by atoms with Crippen LogP contribution in [0.15, 0.2) is 30.3 Å². The molecule has 2 aromatic rings. The molecule has 0 fully saturated rings. The standard InChI is InChI=1S/C14H16N2O2/c1-4-13(17)11-5-7-12(8-6-11)18-14-9-10(2)15-16(14)3/h5-9H,4H2,1-3H3. The summed E-state index contributed by atoms with van der Waals surface area (Å²) in [6.07, 6.45) is 0.515. The summed E-state index contributed by atoms with van der Waals surface area (Å²) in [5, 5.41) is 4.20. The normalized spacial score (nSPS) is 10.4. The molecular formula is C14H16N2O2. The molecule has 0 aliphatic carbocycles. The Balaban J connectivity index is 2.16. The minimum absolute atomic E-state index is 0.137. The molecule has 1 aromatic carbocycles. The highest BCUT2D eigenvalue weighted by Gasteiger charge is 2.06. The highest BCUT2D eigenvalue weighted by Crippen LogP contribution is 2.22. The number of ketones is 1. The van der Waals surface area contributed by atoms with E-state index in [0.29, 0.717) is 23.6 Å². The summed E-state index contributed by atoms with van der Waals surface area (Å²) in [7, 11) is 1.83. The lowest BCUT2D eigenvalue weighted by Crippen LogP contribution is -1.97. The summed E-state index contributed by atoms with van der Waals surface area (Å²) in [5.41, 5.74) is 1.62. The number of aryl methyl sites for hydroxylation is 2. The van der Waals surface area contributed by atoms with E-state index in [4.69, 9.17) is 4.74 Å². The fourth-order valence-corrected chi connectivity index (χ4v) is 1.72. The van der Waals surface area contributed by atoms with E-state index in [-0.39, 0.29) is 5.78 Å². The highest BCUT2D eigenvalue weighted by atomic mass is 16.5. The second-order valence-corrected chi connectivity index (χ2v) is 4.15. The van der Waals surface area contributed by atoms with Crippen LogP contribution in [0.3, 0.4) is 0 Å². The van der Waals surface area contributed by atoms with Gasteiger partial charge in [-0.2, -0.15) is 5.10 Å². The molecule has 0 atom stereocenters. The number of hydrogen-bond acceptors (Lipinski definition) is 3. The number of Topliss-reactive ketones (excluding diaryl/α,β-unsaturated/α-hetero) is 1. The van der Waals surface area contributed by atoms with Crippen molar-refractivity contribution in [3.8, 4) is 11.6 Å². The first-order valence-electron chi connectivity index (χ1n) is 5.92. The van der Waals surface area contributed by atoms with Gasteiger partial charge in [0.2, 0.25) is 5.88 Å². The number of nitrogens with zero attached hydrogens (tertiary/aromatic N) is 2. The van der Waals surface area contributed by atoms with Gasteiger partial charge < -0.3 is 4.74 Å². The van der Waals surface area contributed by atoms with Gasteiger partial charge in [0, 0.05) is 25.1 Å². The van der Waals surface area contributed by atoms with Gasteiger partial charge in [-0.3, -0.25) is 4.79 Å². The summed E-state index contributed by atoms with van der Waals surface area (Å²) < 4.78 is 7.37. The maximum atomic E-state index is 11.5. The number of ether oxygens (including phenoxy) is 1. The molecule has 0 saturated heterocycles. The third-order valence-electron chi connectivity index (χ3n) is 2.68. The number of benzene rings is 1. The average Bonchev–Trinajstić information content (AvgIpc) is 2.68. The molecule has 2 rings (SSSR count). The molecule has 0 spiro atoms. The fraction of sp³-hybridized carbons (Fsp3) is 0.286. The Morgan fingerprint density at radius 3 is 2.50 bits per heavy atom. The van der Waals surface area contributed by atoms with Crippen molar-refractivity contribution in [2.24, 2.45) is 7.05 Å². The maximum absolute atomic E-state index is 11.5. The second kappa shape index (κ2) is 5.04. The zero-order chi connectivity index (χ0) is 13.1. The van der Waals surface area contributed by atoms with Gasteiger partial charge in [-0.05, 0) is 31.2 Å². The summed E-state index contributed by atoms with van der Waals surface area (Å²) in [6.45, 7) is 3.76. The minimum atomic E-state index is 0.137. The van der Waals surface area contributed by atoms with Crippen LogP contribution in [0, 0.1) is 6.92 Å². The molecule has 4 heteroatoms. The first kappa shape index (κ1) is 12.4. The molecule has 0 aliphatic heterocycles. The van der Waals surface area contributed by atoms with Crippen molar-refractivity contribution in [2.75, 3.05) is 0 Å². The van der Waals surface area contributed by atoms with Gasteiger partial charge in [0.25, 0.3) is 0 Å². The van der Waals surface area contributed by atoms with E-state index in [9.17, 15) is 4.79 Å². The molecule has 0 radical (unpaired) electrons. The van der Waals surface area contributed by atoms with Crippen molar-refractivity contribution in [1.82, 2.24) is 9.78 Å². The largest absolute Gasteiger partial charge is 0.439 e. The lowest BCUT2D eigenvalue weighted by molar-refractivity contribution is 0.0988. The fourth-order valence-electron chi connectivity index (χ4n) is 1.72. The van der Waals surface area contributed by atoms with Gasteiger partial charge in [-0.25, -0.2) is 4.68 Å². The Morgan fingerprint density at radius 2 is 2.00 bits per heavy atom. The van der Waals surface area contributed by atoms with E-state index in [1.807, 2.05) is 27.0 Å². The van der Waals surface area contributed by atoms with Crippen molar-refractivity contribution >= 4 is 5.78 Å². The molecule has 0 N–H and O–H groups in total. The summed E-state index contributed by atoms with van der Waals surface area (Å²) in [5.74, 6) is 1.52. The van der Waals surface area contributed by atoms with Gasteiger partial charge in [-0.15, -0.1) is 0 Å². The molecule has 0 unspecified atom stereocenters. The summed E-state index contributed by atoms with van der Waals surface area (Å²) in [6, 6.07) is 9.02. The van der Waals surface area contributed by atoms with Crippen LogP contribution in [0.5, 0.6) is 11.6 Å². The van der Waals surface area contributed by atoms with Crippen LogP contribution in [-0.4, -0.2) is 15.6 Å². The van der Waals surface area contributed by atoms with Gasteiger partial charge in [0.15, 0.2) is 5.78 Å². The summed E-state index contributed by atoms with van der Waals surface area (Å²) >= 11 is 0. The van der Waals surface area contributed by atoms with Crippen LogP contribution >= 0.6 is 0 Å². The Kier molecular flexibility index (Phi) is 3.46. The molecule has 0 bridgehead atoms. The molecule has 18 heavy (non-hydrogen) atoms. The van der Waals surface area contributed by atoms with E-state index in [2.05, 4.69) is 5.10 Å².